The molecule has 0 aliphatic carbocycles. The number of amides is 1. The Morgan fingerprint density at radius 1 is 1.14 bits per heavy atom. The Hall–Kier alpha value is -3.05. The zero-order valence-corrected chi connectivity index (χ0v) is 16.9. The standard InChI is InChI=1S/C22H21ClN2O3/c1-14-20(22(27)28-4)19(12-15-8-10-17(11-9-15)24(2)3)21(26)25(14)18-7-5-6-16(23)13-18/h5-13H,1-4H3/b19-12-. The van der Waals surface area contributed by atoms with Gasteiger partial charge < -0.3 is 9.64 Å². The molecule has 144 valence electrons. The molecule has 5 nitrogen and oxygen atoms in total. The number of rotatable bonds is 4. The molecule has 0 aromatic heterocycles. The van der Waals surface area contributed by atoms with E-state index in [1.165, 1.54) is 12.0 Å². The van der Waals surface area contributed by atoms with E-state index in [-0.39, 0.29) is 11.5 Å². The molecule has 0 saturated heterocycles. The van der Waals surface area contributed by atoms with Gasteiger partial charge in [0.1, 0.15) is 0 Å². The summed E-state index contributed by atoms with van der Waals surface area (Å²) in [6.07, 6.45) is 1.71. The number of carbonyl (C=O) groups excluding carboxylic acids is 2. The fourth-order valence-electron chi connectivity index (χ4n) is 3.14. The average Bonchev–Trinajstić information content (AvgIpc) is 2.91. The Morgan fingerprint density at radius 3 is 2.39 bits per heavy atom. The van der Waals surface area contributed by atoms with Crippen molar-refractivity contribution >= 4 is 40.9 Å². The van der Waals surface area contributed by atoms with Crippen molar-refractivity contribution in [3.05, 3.63) is 76.0 Å². The predicted molar refractivity (Wildman–Crippen MR) is 112 cm³/mol. The second-order valence-corrected chi connectivity index (χ2v) is 7.05. The van der Waals surface area contributed by atoms with Gasteiger partial charge in [0.2, 0.25) is 0 Å². The quantitative estimate of drug-likeness (QED) is 0.571. The van der Waals surface area contributed by atoms with Crippen molar-refractivity contribution in [2.45, 2.75) is 6.92 Å². The highest BCUT2D eigenvalue weighted by atomic mass is 35.5. The summed E-state index contributed by atoms with van der Waals surface area (Å²) < 4.78 is 4.93. The molecule has 1 heterocycles. The third-order valence-electron chi connectivity index (χ3n) is 4.58. The minimum Gasteiger partial charge on any atom is -0.465 e. The number of allylic oxidation sites excluding steroid dienone is 1. The SMILES string of the molecule is COC(=O)C1=C(C)N(c2cccc(Cl)c2)C(=O)/C1=C\c1ccc(N(C)C)cc1. The Morgan fingerprint density at radius 2 is 1.82 bits per heavy atom. The van der Waals surface area contributed by atoms with Gasteiger partial charge in [-0.25, -0.2) is 4.79 Å². The van der Waals surface area contributed by atoms with Crippen LogP contribution in [0.2, 0.25) is 5.02 Å². The molecule has 0 radical (unpaired) electrons. The molecule has 1 amide bonds. The van der Waals surface area contributed by atoms with Gasteiger partial charge in [0.25, 0.3) is 5.91 Å². The van der Waals surface area contributed by atoms with Crippen molar-refractivity contribution in [3.8, 4) is 0 Å². The van der Waals surface area contributed by atoms with E-state index in [0.29, 0.717) is 22.0 Å². The van der Waals surface area contributed by atoms with Crippen molar-refractivity contribution in [2.24, 2.45) is 0 Å². The number of benzene rings is 2. The maximum atomic E-state index is 13.2. The molecule has 1 aliphatic heterocycles. The first-order chi connectivity index (χ1) is 13.3. The zero-order chi connectivity index (χ0) is 20.4. The number of anilines is 2. The van der Waals surface area contributed by atoms with Crippen LogP contribution in [0.25, 0.3) is 6.08 Å². The van der Waals surface area contributed by atoms with Crippen molar-refractivity contribution in [3.63, 3.8) is 0 Å². The maximum absolute atomic E-state index is 13.2. The molecule has 0 unspecified atom stereocenters. The van der Waals surface area contributed by atoms with Gasteiger partial charge >= 0.3 is 5.97 Å². The van der Waals surface area contributed by atoms with Crippen LogP contribution in [0.4, 0.5) is 11.4 Å². The molecule has 0 N–H and O–H groups in total. The molecular formula is C22H21ClN2O3. The van der Waals surface area contributed by atoms with E-state index in [2.05, 4.69) is 0 Å². The van der Waals surface area contributed by atoms with E-state index in [1.54, 1.807) is 37.3 Å². The van der Waals surface area contributed by atoms with Crippen molar-refractivity contribution in [2.75, 3.05) is 31.0 Å². The molecule has 2 aromatic rings. The van der Waals surface area contributed by atoms with Gasteiger partial charge in [0, 0.05) is 30.5 Å². The summed E-state index contributed by atoms with van der Waals surface area (Å²) in [7, 11) is 5.22. The van der Waals surface area contributed by atoms with E-state index in [9.17, 15) is 9.59 Å². The predicted octanol–water partition coefficient (Wildman–Crippen LogP) is 4.28. The Bertz CT molecular complexity index is 991. The number of esters is 1. The summed E-state index contributed by atoms with van der Waals surface area (Å²) in [6, 6.07) is 14.7. The van der Waals surface area contributed by atoms with Crippen LogP contribution in [0, 0.1) is 0 Å². The van der Waals surface area contributed by atoms with Gasteiger partial charge in [0.05, 0.1) is 23.9 Å². The van der Waals surface area contributed by atoms with Gasteiger partial charge in [0.15, 0.2) is 0 Å². The molecule has 28 heavy (non-hydrogen) atoms. The minimum atomic E-state index is -0.550. The first kappa shape index (κ1) is 19.7. The number of carbonyl (C=O) groups is 2. The molecule has 1 aliphatic rings. The number of ether oxygens (including phenoxy) is 1. The summed E-state index contributed by atoms with van der Waals surface area (Å²) in [5.41, 5.74) is 3.51. The average molecular weight is 397 g/mol. The third-order valence-corrected chi connectivity index (χ3v) is 4.81. The molecule has 0 bridgehead atoms. The lowest BCUT2D eigenvalue weighted by Crippen LogP contribution is -2.24. The van der Waals surface area contributed by atoms with Crippen LogP contribution in [0.1, 0.15) is 12.5 Å². The van der Waals surface area contributed by atoms with Gasteiger partial charge in [-0.2, -0.15) is 0 Å². The molecule has 0 atom stereocenters. The zero-order valence-electron chi connectivity index (χ0n) is 16.2. The Balaban J connectivity index is 2.09. The van der Waals surface area contributed by atoms with Crippen LogP contribution >= 0.6 is 11.6 Å². The van der Waals surface area contributed by atoms with E-state index in [1.807, 2.05) is 43.3 Å². The lowest BCUT2D eigenvalue weighted by atomic mass is 10.0. The van der Waals surface area contributed by atoms with E-state index < -0.39 is 5.97 Å². The molecule has 0 saturated carbocycles. The smallest absolute Gasteiger partial charge is 0.340 e. The largest absolute Gasteiger partial charge is 0.465 e. The molecule has 0 spiro atoms. The van der Waals surface area contributed by atoms with Crippen molar-refractivity contribution in [1.29, 1.82) is 0 Å². The van der Waals surface area contributed by atoms with Crippen LogP contribution in [-0.4, -0.2) is 33.1 Å². The number of hydrogen-bond acceptors (Lipinski definition) is 4. The van der Waals surface area contributed by atoms with Crippen LogP contribution in [0.3, 0.4) is 0 Å². The topological polar surface area (TPSA) is 49.9 Å². The highest BCUT2D eigenvalue weighted by molar-refractivity contribution is 6.31. The molecular weight excluding hydrogens is 376 g/mol. The fourth-order valence-corrected chi connectivity index (χ4v) is 3.33. The van der Waals surface area contributed by atoms with Crippen LogP contribution in [0.15, 0.2) is 65.4 Å². The number of hydrogen-bond donors (Lipinski definition) is 0. The van der Waals surface area contributed by atoms with E-state index >= 15 is 0 Å². The summed E-state index contributed by atoms with van der Waals surface area (Å²) in [6.45, 7) is 1.72. The van der Waals surface area contributed by atoms with Crippen LogP contribution < -0.4 is 9.80 Å². The second-order valence-electron chi connectivity index (χ2n) is 6.62. The first-order valence-corrected chi connectivity index (χ1v) is 9.10. The van der Waals surface area contributed by atoms with Crippen molar-refractivity contribution in [1.82, 2.24) is 0 Å². The van der Waals surface area contributed by atoms with Gasteiger partial charge in [-0.15, -0.1) is 0 Å². The first-order valence-electron chi connectivity index (χ1n) is 8.72. The Kier molecular flexibility index (Phi) is 5.56. The van der Waals surface area contributed by atoms with Crippen LogP contribution in [0.5, 0.6) is 0 Å². The summed E-state index contributed by atoms with van der Waals surface area (Å²) >= 11 is 6.09. The number of methoxy groups -OCH3 is 1. The van der Waals surface area contributed by atoms with Crippen LogP contribution in [-0.2, 0) is 14.3 Å². The molecule has 2 aromatic carbocycles. The maximum Gasteiger partial charge on any atom is 0.340 e. The minimum absolute atomic E-state index is 0.254. The lowest BCUT2D eigenvalue weighted by molar-refractivity contribution is -0.136. The Labute approximate surface area is 169 Å². The molecule has 6 heteroatoms. The lowest BCUT2D eigenvalue weighted by Gasteiger charge is -2.18. The second kappa shape index (κ2) is 7.90. The fraction of sp³-hybridized carbons (Fsp3) is 0.182. The van der Waals surface area contributed by atoms with E-state index in [0.717, 1.165) is 11.3 Å². The third kappa shape index (κ3) is 3.66. The van der Waals surface area contributed by atoms with Gasteiger partial charge in [-0.1, -0.05) is 29.8 Å². The normalized spacial score (nSPS) is 15.4. The molecule has 0 fully saturated rings. The van der Waals surface area contributed by atoms with E-state index in [4.69, 9.17) is 16.3 Å². The summed E-state index contributed by atoms with van der Waals surface area (Å²) in [4.78, 5) is 29.1. The summed E-state index contributed by atoms with van der Waals surface area (Å²) in [5.74, 6) is -0.844. The number of halogens is 1. The highest BCUT2D eigenvalue weighted by Crippen LogP contribution is 2.36. The number of nitrogens with zero attached hydrogens (tertiary/aromatic N) is 2. The van der Waals surface area contributed by atoms with Crippen molar-refractivity contribution < 1.29 is 14.3 Å². The van der Waals surface area contributed by atoms with Gasteiger partial charge in [-0.3, -0.25) is 9.69 Å². The van der Waals surface area contributed by atoms with Gasteiger partial charge in [-0.05, 0) is 48.9 Å². The summed E-state index contributed by atoms with van der Waals surface area (Å²) in [5, 5.41) is 0.509. The monoisotopic (exact) mass is 396 g/mol. The molecule has 3 rings (SSSR count). The highest BCUT2D eigenvalue weighted by Gasteiger charge is 2.37.